The van der Waals surface area contributed by atoms with Crippen LogP contribution in [-0.4, -0.2) is 29.3 Å². The van der Waals surface area contributed by atoms with Gasteiger partial charge in [0.15, 0.2) is 6.61 Å². The van der Waals surface area contributed by atoms with Gasteiger partial charge in [-0.3, -0.25) is 19.8 Å². The van der Waals surface area contributed by atoms with E-state index in [-0.39, 0.29) is 42.1 Å². The van der Waals surface area contributed by atoms with Crippen LogP contribution in [0.1, 0.15) is 12.0 Å². The van der Waals surface area contributed by atoms with Crippen molar-refractivity contribution >= 4 is 17.7 Å². The van der Waals surface area contributed by atoms with Crippen molar-refractivity contribution < 1.29 is 19.1 Å². The summed E-state index contributed by atoms with van der Waals surface area (Å²) in [6.07, 6.45) is 4.90. The number of amides is 3. The SMILES string of the molecule is Cc1ccc(OCC(=O)NN2C(=O)[C@@H]3[C@H](C2=O)[C@H]2C=C[C@H]3C2)cc1. The van der Waals surface area contributed by atoms with Gasteiger partial charge in [0.05, 0.1) is 11.8 Å². The van der Waals surface area contributed by atoms with Crippen molar-refractivity contribution in [1.29, 1.82) is 0 Å². The molecule has 6 nitrogen and oxygen atoms in total. The van der Waals surface area contributed by atoms with Crippen molar-refractivity contribution in [2.75, 3.05) is 6.61 Å². The van der Waals surface area contributed by atoms with E-state index in [2.05, 4.69) is 5.43 Å². The number of allylic oxidation sites excluding steroid dienone is 2. The Morgan fingerprint density at radius 1 is 1.12 bits per heavy atom. The molecule has 3 aliphatic rings. The molecule has 1 aliphatic heterocycles. The highest BCUT2D eigenvalue weighted by Crippen LogP contribution is 2.52. The van der Waals surface area contributed by atoms with Gasteiger partial charge in [0, 0.05) is 0 Å². The lowest BCUT2D eigenvalue weighted by Gasteiger charge is -2.18. The zero-order chi connectivity index (χ0) is 16.8. The number of carbonyl (C=O) groups is 3. The predicted molar refractivity (Wildman–Crippen MR) is 84.4 cm³/mol. The number of fused-ring (bicyclic) bond motifs is 5. The van der Waals surface area contributed by atoms with Crippen LogP contribution in [0.4, 0.5) is 0 Å². The molecule has 1 aromatic carbocycles. The van der Waals surface area contributed by atoms with E-state index in [1.807, 2.05) is 31.2 Å². The highest BCUT2D eigenvalue weighted by molar-refractivity contribution is 6.07. The summed E-state index contributed by atoms with van der Waals surface area (Å²) in [7, 11) is 0. The second-order valence-corrected chi connectivity index (χ2v) is 6.65. The van der Waals surface area contributed by atoms with Gasteiger partial charge in [0.2, 0.25) is 0 Å². The second kappa shape index (κ2) is 5.47. The first-order valence-electron chi connectivity index (χ1n) is 8.09. The Hall–Kier alpha value is -2.63. The molecule has 2 bridgehead atoms. The van der Waals surface area contributed by atoms with Gasteiger partial charge >= 0.3 is 0 Å². The number of ether oxygens (including phenoxy) is 1. The topological polar surface area (TPSA) is 75.7 Å². The van der Waals surface area contributed by atoms with E-state index < -0.39 is 5.91 Å². The van der Waals surface area contributed by atoms with Crippen LogP contribution in [0.5, 0.6) is 5.75 Å². The fraction of sp³-hybridized carbons (Fsp3) is 0.389. The standard InChI is InChI=1S/C18H18N2O4/c1-10-2-6-13(7-3-10)24-9-14(21)19-20-17(22)15-11-4-5-12(8-11)16(15)18(20)23/h2-7,11-12,15-16H,8-9H2,1H3,(H,19,21)/t11-,12-,15-,16+/m0/s1. The maximum Gasteiger partial charge on any atom is 0.276 e. The lowest BCUT2D eigenvalue weighted by molar-refractivity contribution is -0.150. The summed E-state index contributed by atoms with van der Waals surface area (Å²) >= 11 is 0. The molecule has 2 aliphatic carbocycles. The fourth-order valence-electron chi connectivity index (χ4n) is 3.95. The zero-order valence-corrected chi connectivity index (χ0v) is 13.3. The van der Waals surface area contributed by atoms with Crippen LogP contribution in [0.2, 0.25) is 0 Å². The van der Waals surface area contributed by atoms with Crippen LogP contribution in [0, 0.1) is 30.6 Å². The predicted octanol–water partition coefficient (Wildman–Crippen LogP) is 1.21. The van der Waals surface area contributed by atoms with Gasteiger partial charge in [0.1, 0.15) is 5.75 Å². The van der Waals surface area contributed by atoms with Gasteiger partial charge in [-0.05, 0) is 37.3 Å². The Balaban J connectivity index is 1.37. The van der Waals surface area contributed by atoms with E-state index in [1.165, 1.54) is 0 Å². The lowest BCUT2D eigenvalue weighted by atomic mass is 9.85. The van der Waals surface area contributed by atoms with E-state index >= 15 is 0 Å². The summed E-state index contributed by atoms with van der Waals surface area (Å²) in [5.41, 5.74) is 3.49. The Labute approximate surface area is 139 Å². The van der Waals surface area contributed by atoms with Gasteiger partial charge in [-0.1, -0.05) is 29.8 Å². The summed E-state index contributed by atoms with van der Waals surface area (Å²) in [6.45, 7) is 1.71. The lowest BCUT2D eigenvalue weighted by Crippen LogP contribution is -2.48. The van der Waals surface area contributed by atoms with Gasteiger partial charge in [-0.25, -0.2) is 0 Å². The number of nitrogens with one attached hydrogen (secondary N) is 1. The molecule has 2 fully saturated rings. The highest BCUT2D eigenvalue weighted by atomic mass is 16.5. The van der Waals surface area contributed by atoms with Crippen LogP contribution in [0.3, 0.4) is 0 Å². The average Bonchev–Trinajstić information content (AvgIpc) is 3.24. The van der Waals surface area contributed by atoms with Gasteiger partial charge in [0.25, 0.3) is 17.7 Å². The Morgan fingerprint density at radius 3 is 2.29 bits per heavy atom. The van der Waals surface area contributed by atoms with E-state index in [9.17, 15) is 14.4 Å². The summed E-state index contributed by atoms with van der Waals surface area (Å²) < 4.78 is 5.38. The number of carbonyl (C=O) groups excluding carboxylic acids is 3. The quantitative estimate of drug-likeness (QED) is 0.667. The summed E-state index contributed by atoms with van der Waals surface area (Å²) in [6, 6.07) is 7.29. The summed E-state index contributed by atoms with van der Waals surface area (Å²) in [5.74, 6) is -0.927. The zero-order valence-electron chi connectivity index (χ0n) is 13.3. The monoisotopic (exact) mass is 326 g/mol. The number of hydrazine groups is 1. The van der Waals surface area contributed by atoms with Crippen LogP contribution in [0.15, 0.2) is 36.4 Å². The molecular weight excluding hydrogens is 308 g/mol. The van der Waals surface area contributed by atoms with Crippen molar-refractivity contribution in [3.8, 4) is 5.75 Å². The van der Waals surface area contributed by atoms with Gasteiger partial charge in [-0.15, -0.1) is 0 Å². The van der Waals surface area contributed by atoms with Gasteiger partial charge in [-0.2, -0.15) is 5.01 Å². The first-order chi connectivity index (χ1) is 11.5. The molecule has 4 rings (SSSR count). The van der Waals surface area contributed by atoms with Crippen molar-refractivity contribution in [2.45, 2.75) is 13.3 Å². The minimum atomic E-state index is -0.516. The number of rotatable bonds is 4. The van der Waals surface area contributed by atoms with Crippen molar-refractivity contribution in [1.82, 2.24) is 10.4 Å². The number of nitrogens with zero attached hydrogens (tertiary/aromatic N) is 1. The minimum absolute atomic E-state index is 0.127. The molecule has 6 heteroatoms. The molecule has 1 N–H and O–H groups in total. The number of aryl methyl sites for hydroxylation is 1. The third-order valence-electron chi connectivity index (χ3n) is 5.10. The minimum Gasteiger partial charge on any atom is -0.484 e. The maximum atomic E-state index is 12.5. The largest absolute Gasteiger partial charge is 0.484 e. The fourth-order valence-corrected chi connectivity index (χ4v) is 3.95. The second-order valence-electron chi connectivity index (χ2n) is 6.65. The molecule has 1 saturated heterocycles. The molecule has 1 saturated carbocycles. The Kier molecular flexibility index (Phi) is 3.40. The Morgan fingerprint density at radius 2 is 1.71 bits per heavy atom. The van der Waals surface area contributed by atoms with Crippen LogP contribution in [-0.2, 0) is 14.4 Å². The van der Waals surface area contributed by atoms with E-state index in [0.717, 1.165) is 17.0 Å². The molecule has 3 amide bonds. The van der Waals surface area contributed by atoms with Crippen LogP contribution < -0.4 is 10.2 Å². The molecule has 1 heterocycles. The molecule has 4 atom stereocenters. The third-order valence-corrected chi connectivity index (χ3v) is 5.10. The average molecular weight is 326 g/mol. The molecular formula is C18H18N2O4. The van der Waals surface area contributed by atoms with E-state index in [1.54, 1.807) is 12.1 Å². The van der Waals surface area contributed by atoms with Crippen LogP contribution >= 0.6 is 0 Å². The van der Waals surface area contributed by atoms with Crippen molar-refractivity contribution in [3.05, 3.63) is 42.0 Å². The normalized spacial score (nSPS) is 30.0. The molecule has 0 aromatic heterocycles. The first kappa shape index (κ1) is 14.9. The molecule has 124 valence electrons. The summed E-state index contributed by atoms with van der Waals surface area (Å²) in [4.78, 5) is 36.9. The molecule has 1 aromatic rings. The van der Waals surface area contributed by atoms with Crippen LogP contribution in [0.25, 0.3) is 0 Å². The highest BCUT2D eigenvalue weighted by Gasteiger charge is 2.59. The molecule has 0 radical (unpaired) electrons. The number of imide groups is 1. The van der Waals surface area contributed by atoms with E-state index in [4.69, 9.17) is 4.74 Å². The van der Waals surface area contributed by atoms with Gasteiger partial charge < -0.3 is 4.74 Å². The smallest absolute Gasteiger partial charge is 0.276 e. The molecule has 24 heavy (non-hydrogen) atoms. The van der Waals surface area contributed by atoms with Crippen molar-refractivity contribution in [2.24, 2.45) is 23.7 Å². The third kappa shape index (κ3) is 2.29. The first-order valence-corrected chi connectivity index (χ1v) is 8.09. The molecule has 0 unspecified atom stereocenters. The number of hydrogen-bond acceptors (Lipinski definition) is 4. The van der Waals surface area contributed by atoms with Crippen molar-refractivity contribution in [3.63, 3.8) is 0 Å². The maximum absolute atomic E-state index is 12.5. The Bertz CT molecular complexity index is 710. The summed E-state index contributed by atoms with van der Waals surface area (Å²) in [5, 5.41) is 0.891. The number of benzene rings is 1. The van der Waals surface area contributed by atoms with E-state index in [0.29, 0.717) is 5.75 Å². The molecule has 0 spiro atoms. The number of hydrogen-bond donors (Lipinski definition) is 1.